The van der Waals surface area contributed by atoms with Crippen molar-refractivity contribution in [2.24, 2.45) is 0 Å². The smallest absolute Gasteiger partial charge is 0.241 e. The largest absolute Gasteiger partial charge is 0.494 e. The number of piperazine rings is 1. The van der Waals surface area contributed by atoms with E-state index in [0.29, 0.717) is 50.8 Å². The fraction of sp³-hybridized carbons (Fsp3) is 0.409. The van der Waals surface area contributed by atoms with Gasteiger partial charge in [-0.3, -0.25) is 9.69 Å². The molecule has 4 rings (SSSR count). The summed E-state index contributed by atoms with van der Waals surface area (Å²) in [7, 11) is 0. The number of ether oxygens (including phenoxy) is 1. The third kappa shape index (κ3) is 5.84. The highest BCUT2D eigenvalue weighted by Crippen LogP contribution is 2.22. The number of aryl methyl sites for hydroxylation is 1. The summed E-state index contributed by atoms with van der Waals surface area (Å²) in [5.74, 6) is 2.20. The molecule has 31 heavy (non-hydrogen) atoms. The molecule has 7 nitrogen and oxygen atoms in total. The van der Waals surface area contributed by atoms with E-state index in [1.54, 1.807) is 11.3 Å². The molecule has 1 aliphatic rings. The molecule has 1 aliphatic heterocycles. The Morgan fingerprint density at radius 2 is 2.10 bits per heavy atom. The summed E-state index contributed by atoms with van der Waals surface area (Å²) in [5, 5.41) is 6.77. The second-order valence-corrected chi connectivity index (χ2v) is 8.86. The monoisotopic (exact) mass is 460 g/mol. The van der Waals surface area contributed by atoms with Crippen LogP contribution < -0.4 is 4.74 Å². The lowest BCUT2D eigenvalue weighted by molar-refractivity contribution is -0.133. The van der Waals surface area contributed by atoms with Gasteiger partial charge in [0.1, 0.15) is 5.75 Å². The van der Waals surface area contributed by atoms with E-state index in [-0.39, 0.29) is 5.91 Å². The first-order valence-corrected chi connectivity index (χ1v) is 11.6. The Hall–Kier alpha value is -2.42. The van der Waals surface area contributed by atoms with Gasteiger partial charge in [-0.2, -0.15) is 4.98 Å². The Bertz CT molecular complexity index is 1000. The first-order chi connectivity index (χ1) is 15.1. The van der Waals surface area contributed by atoms with Crippen LogP contribution in [0, 0.1) is 6.92 Å². The van der Waals surface area contributed by atoms with Crippen LogP contribution in [0.2, 0.25) is 5.02 Å². The van der Waals surface area contributed by atoms with E-state index >= 15 is 0 Å². The van der Waals surface area contributed by atoms with Gasteiger partial charge in [0.25, 0.3) is 0 Å². The molecular weight excluding hydrogens is 436 g/mol. The molecule has 9 heteroatoms. The molecule has 1 amide bonds. The SMILES string of the molecule is Cc1cc(OCCCC(=O)N2CCN(Cc3nc(-c4cccs4)no3)CC2)ccc1Cl. The van der Waals surface area contributed by atoms with Gasteiger partial charge in [0.2, 0.25) is 17.6 Å². The molecule has 1 fully saturated rings. The van der Waals surface area contributed by atoms with Crippen LogP contribution in [0.4, 0.5) is 0 Å². The maximum absolute atomic E-state index is 12.5. The van der Waals surface area contributed by atoms with Crippen LogP contribution in [-0.4, -0.2) is 58.6 Å². The quantitative estimate of drug-likeness (QED) is 0.467. The van der Waals surface area contributed by atoms with Crippen molar-refractivity contribution >= 4 is 28.8 Å². The highest BCUT2D eigenvalue weighted by molar-refractivity contribution is 7.13. The number of carbonyl (C=O) groups is 1. The molecule has 0 N–H and O–H groups in total. The molecule has 0 atom stereocenters. The molecule has 0 radical (unpaired) electrons. The van der Waals surface area contributed by atoms with Crippen molar-refractivity contribution in [2.45, 2.75) is 26.3 Å². The number of rotatable bonds is 8. The Labute approximate surface area is 190 Å². The van der Waals surface area contributed by atoms with Gasteiger partial charge in [0, 0.05) is 37.6 Å². The standard InChI is InChI=1S/C22H25ClN4O3S/c1-16-14-17(6-7-18(16)23)29-12-2-5-21(28)27-10-8-26(9-11-27)15-20-24-22(25-30-20)19-4-3-13-31-19/h3-4,6-7,13-14H,2,5,8-12,15H2,1H3. The lowest BCUT2D eigenvalue weighted by atomic mass is 10.2. The zero-order valence-corrected chi connectivity index (χ0v) is 19.0. The summed E-state index contributed by atoms with van der Waals surface area (Å²) in [5.41, 5.74) is 0.983. The first-order valence-electron chi connectivity index (χ1n) is 10.3. The van der Waals surface area contributed by atoms with Gasteiger partial charge >= 0.3 is 0 Å². The summed E-state index contributed by atoms with van der Waals surface area (Å²) in [4.78, 5) is 22.1. The van der Waals surface area contributed by atoms with Crippen molar-refractivity contribution < 1.29 is 14.1 Å². The number of amides is 1. The summed E-state index contributed by atoms with van der Waals surface area (Å²) in [6.07, 6.45) is 1.18. The number of nitrogens with zero attached hydrogens (tertiary/aromatic N) is 4. The lowest BCUT2D eigenvalue weighted by Gasteiger charge is -2.34. The Balaban J connectivity index is 1.15. The average molecular weight is 461 g/mol. The Morgan fingerprint density at radius 1 is 1.26 bits per heavy atom. The van der Waals surface area contributed by atoms with E-state index in [4.69, 9.17) is 20.9 Å². The van der Waals surface area contributed by atoms with Crippen molar-refractivity contribution in [3.05, 3.63) is 52.2 Å². The van der Waals surface area contributed by atoms with E-state index < -0.39 is 0 Å². The van der Waals surface area contributed by atoms with Gasteiger partial charge in [-0.25, -0.2) is 0 Å². The maximum atomic E-state index is 12.5. The average Bonchev–Trinajstić information content (AvgIpc) is 3.46. The molecule has 3 heterocycles. The minimum absolute atomic E-state index is 0.174. The van der Waals surface area contributed by atoms with E-state index in [9.17, 15) is 4.79 Å². The Morgan fingerprint density at radius 3 is 2.84 bits per heavy atom. The number of halogens is 1. The first kappa shape index (κ1) is 21.8. The van der Waals surface area contributed by atoms with Gasteiger partial charge in [0.15, 0.2) is 0 Å². The minimum Gasteiger partial charge on any atom is -0.494 e. The highest BCUT2D eigenvalue weighted by atomic mass is 35.5. The normalized spacial score (nSPS) is 14.7. The zero-order chi connectivity index (χ0) is 21.6. The maximum Gasteiger partial charge on any atom is 0.241 e. The summed E-state index contributed by atoms with van der Waals surface area (Å²) >= 11 is 7.62. The van der Waals surface area contributed by atoms with Crippen molar-refractivity contribution in [1.82, 2.24) is 19.9 Å². The third-order valence-corrected chi connectivity index (χ3v) is 6.52. The van der Waals surface area contributed by atoms with Crippen molar-refractivity contribution in [2.75, 3.05) is 32.8 Å². The van der Waals surface area contributed by atoms with Gasteiger partial charge < -0.3 is 14.2 Å². The molecule has 0 spiro atoms. The molecule has 1 aromatic carbocycles. The van der Waals surface area contributed by atoms with Crippen LogP contribution in [0.25, 0.3) is 10.7 Å². The number of hydrogen-bond donors (Lipinski definition) is 0. The third-order valence-electron chi connectivity index (χ3n) is 5.23. The van der Waals surface area contributed by atoms with E-state index in [2.05, 4.69) is 15.0 Å². The van der Waals surface area contributed by atoms with Crippen LogP contribution in [0.1, 0.15) is 24.3 Å². The molecule has 2 aromatic heterocycles. The second kappa shape index (κ2) is 10.3. The van der Waals surface area contributed by atoms with Crippen LogP contribution in [0.3, 0.4) is 0 Å². The van der Waals surface area contributed by atoms with Crippen molar-refractivity contribution in [3.63, 3.8) is 0 Å². The predicted octanol–water partition coefficient (Wildman–Crippen LogP) is 4.26. The molecule has 1 saturated heterocycles. The molecule has 3 aromatic rings. The number of benzene rings is 1. The fourth-order valence-corrected chi connectivity index (χ4v) is 4.22. The van der Waals surface area contributed by atoms with Gasteiger partial charge in [-0.15, -0.1) is 11.3 Å². The van der Waals surface area contributed by atoms with Crippen LogP contribution in [0.5, 0.6) is 5.75 Å². The van der Waals surface area contributed by atoms with Crippen LogP contribution in [-0.2, 0) is 11.3 Å². The van der Waals surface area contributed by atoms with E-state index in [1.165, 1.54) is 0 Å². The summed E-state index contributed by atoms with van der Waals surface area (Å²) in [6, 6.07) is 9.54. The number of carbonyl (C=O) groups excluding carboxylic acids is 1. The summed E-state index contributed by atoms with van der Waals surface area (Å²) in [6.45, 7) is 6.07. The van der Waals surface area contributed by atoms with Crippen LogP contribution >= 0.6 is 22.9 Å². The number of aromatic nitrogens is 2. The van der Waals surface area contributed by atoms with Crippen molar-refractivity contribution in [1.29, 1.82) is 0 Å². The van der Waals surface area contributed by atoms with Crippen molar-refractivity contribution in [3.8, 4) is 16.5 Å². The van der Waals surface area contributed by atoms with Gasteiger partial charge in [0.05, 0.1) is 18.0 Å². The van der Waals surface area contributed by atoms with Gasteiger partial charge in [-0.05, 0) is 48.6 Å². The molecule has 0 aliphatic carbocycles. The van der Waals surface area contributed by atoms with Gasteiger partial charge in [-0.1, -0.05) is 22.8 Å². The topological polar surface area (TPSA) is 71.7 Å². The second-order valence-electron chi connectivity index (χ2n) is 7.51. The molecular formula is C22H25ClN4O3S. The number of hydrogen-bond acceptors (Lipinski definition) is 7. The number of thiophene rings is 1. The molecule has 0 saturated carbocycles. The van der Waals surface area contributed by atoms with E-state index in [1.807, 2.05) is 47.5 Å². The van der Waals surface area contributed by atoms with E-state index in [0.717, 1.165) is 34.3 Å². The minimum atomic E-state index is 0.174. The molecule has 0 unspecified atom stereocenters. The lowest BCUT2D eigenvalue weighted by Crippen LogP contribution is -2.48. The zero-order valence-electron chi connectivity index (χ0n) is 17.4. The predicted molar refractivity (Wildman–Crippen MR) is 120 cm³/mol. The fourth-order valence-electron chi connectivity index (χ4n) is 3.45. The van der Waals surface area contributed by atoms with Crippen LogP contribution in [0.15, 0.2) is 40.2 Å². The highest BCUT2D eigenvalue weighted by Gasteiger charge is 2.22. The Kier molecular flexibility index (Phi) is 7.21. The summed E-state index contributed by atoms with van der Waals surface area (Å²) < 4.78 is 11.1. The molecule has 0 bridgehead atoms. The molecule has 164 valence electrons.